The van der Waals surface area contributed by atoms with Crippen molar-refractivity contribution in [1.82, 2.24) is 24.6 Å². The standard InChI is InChI=1S/C17H15ClF3N5.C13H4Cl2F6N4O4/c1-9-2-4-25(5-3-9)16-14(13-11(20)6-10(19)7-12(13)21)15(18)24-17-22-8-23-26(16)17;14-6-1-4(12(16,17)18)3-22-11(6)23-9-7(24(26)27)2-5(13(19,20)21)8(15)10(9)25(28)29/h6-9H,2-5H2,1H3;1-3H,(H,22,23). The van der Waals surface area contributed by atoms with Gasteiger partial charge in [0.05, 0.1) is 37.1 Å². The van der Waals surface area contributed by atoms with Gasteiger partial charge in [-0.05, 0) is 24.8 Å². The zero-order chi connectivity index (χ0) is 40.7. The smallest absolute Gasteiger partial charge is 0.356 e. The first-order chi connectivity index (χ1) is 25.6. The first kappa shape index (κ1) is 41.0. The van der Waals surface area contributed by atoms with E-state index in [1.165, 1.54) is 10.8 Å². The van der Waals surface area contributed by atoms with E-state index in [0.717, 1.165) is 12.8 Å². The Balaban J connectivity index is 0.000000212. The minimum atomic E-state index is -5.27. The van der Waals surface area contributed by atoms with E-state index in [2.05, 4.69) is 27.0 Å². The van der Waals surface area contributed by atoms with Gasteiger partial charge < -0.3 is 10.2 Å². The molecule has 5 aromatic rings. The van der Waals surface area contributed by atoms with Gasteiger partial charge in [-0.3, -0.25) is 20.2 Å². The molecule has 0 spiro atoms. The predicted molar refractivity (Wildman–Crippen MR) is 179 cm³/mol. The average molecular weight is 847 g/mol. The second kappa shape index (κ2) is 15.5. The number of fused-ring (bicyclic) bond motifs is 1. The molecule has 0 aliphatic carbocycles. The normalized spacial score (nSPS) is 13.8. The Morgan fingerprint density at radius 1 is 0.873 bits per heavy atom. The van der Waals surface area contributed by atoms with Gasteiger partial charge in [0.25, 0.3) is 5.78 Å². The zero-order valence-corrected chi connectivity index (χ0v) is 29.4. The Morgan fingerprint density at radius 3 is 2.02 bits per heavy atom. The van der Waals surface area contributed by atoms with Gasteiger partial charge in [-0.25, -0.2) is 18.2 Å². The Morgan fingerprint density at radius 2 is 1.49 bits per heavy atom. The number of aromatic nitrogens is 5. The van der Waals surface area contributed by atoms with Gasteiger partial charge in [-0.1, -0.05) is 41.7 Å². The van der Waals surface area contributed by atoms with Crippen LogP contribution < -0.4 is 10.2 Å². The van der Waals surface area contributed by atoms with Gasteiger partial charge in [0.1, 0.15) is 45.6 Å². The molecule has 292 valence electrons. The summed E-state index contributed by atoms with van der Waals surface area (Å²) in [4.78, 5) is 33.0. The molecule has 0 atom stereocenters. The van der Waals surface area contributed by atoms with Gasteiger partial charge in [-0.15, -0.1) is 0 Å². The fourth-order valence-corrected chi connectivity index (χ4v) is 6.18. The van der Waals surface area contributed by atoms with Crippen molar-refractivity contribution in [3.63, 3.8) is 0 Å². The third-order valence-electron chi connectivity index (χ3n) is 8.01. The maximum Gasteiger partial charge on any atom is 0.418 e. The molecule has 3 aromatic heterocycles. The number of anilines is 3. The summed E-state index contributed by atoms with van der Waals surface area (Å²) in [5, 5.41) is 26.1. The molecule has 1 fully saturated rings. The molecular weight excluding hydrogens is 828 g/mol. The van der Waals surface area contributed by atoms with E-state index in [9.17, 15) is 59.7 Å². The van der Waals surface area contributed by atoms with Gasteiger partial charge in [0, 0.05) is 37.5 Å². The number of alkyl halides is 6. The van der Waals surface area contributed by atoms with Crippen LogP contribution in [0.2, 0.25) is 15.2 Å². The molecule has 0 amide bonds. The molecule has 55 heavy (non-hydrogen) atoms. The zero-order valence-electron chi connectivity index (χ0n) is 27.1. The first-order valence-electron chi connectivity index (χ1n) is 15.1. The Bertz CT molecular complexity index is 2300. The van der Waals surface area contributed by atoms with Crippen LogP contribution in [0, 0.1) is 43.6 Å². The summed E-state index contributed by atoms with van der Waals surface area (Å²) in [5.41, 5.74) is -7.63. The number of nitro groups is 2. The van der Waals surface area contributed by atoms with Crippen LogP contribution in [0.3, 0.4) is 0 Å². The van der Waals surface area contributed by atoms with E-state index in [1.807, 2.05) is 10.2 Å². The van der Waals surface area contributed by atoms with Crippen LogP contribution in [-0.2, 0) is 12.4 Å². The van der Waals surface area contributed by atoms with E-state index in [0.29, 0.717) is 43.0 Å². The average Bonchev–Trinajstić information content (AvgIpc) is 3.53. The monoisotopic (exact) mass is 845 g/mol. The fourth-order valence-electron chi connectivity index (χ4n) is 5.39. The minimum Gasteiger partial charge on any atom is -0.356 e. The number of hydrogen-bond donors (Lipinski definition) is 1. The number of benzene rings is 2. The summed E-state index contributed by atoms with van der Waals surface area (Å²) in [6.45, 7) is 3.50. The van der Waals surface area contributed by atoms with Gasteiger partial charge in [0.2, 0.25) is 0 Å². The number of nitrogens with zero attached hydrogens (tertiary/aromatic N) is 8. The molecule has 0 bridgehead atoms. The van der Waals surface area contributed by atoms with Crippen LogP contribution in [0.5, 0.6) is 0 Å². The van der Waals surface area contributed by atoms with Crippen LogP contribution in [-0.4, -0.2) is 47.5 Å². The number of pyridine rings is 1. The lowest BCUT2D eigenvalue weighted by atomic mass is 9.98. The van der Waals surface area contributed by atoms with Crippen molar-refractivity contribution >= 4 is 69.3 Å². The van der Waals surface area contributed by atoms with E-state index in [1.54, 1.807) is 0 Å². The lowest BCUT2D eigenvalue weighted by Crippen LogP contribution is -2.35. The molecule has 1 aliphatic heterocycles. The van der Waals surface area contributed by atoms with Crippen LogP contribution >= 0.6 is 34.8 Å². The third kappa shape index (κ3) is 8.54. The maximum atomic E-state index is 14.5. The number of halogens is 12. The number of hydrogen-bond acceptors (Lipinski definition) is 10. The lowest BCUT2D eigenvalue weighted by Gasteiger charge is -2.33. The SMILES string of the molecule is CC1CCN(c2c(-c3c(F)cc(F)cc3F)c(Cl)nc3ncnn23)CC1.O=[N+]([O-])c1cc(C(F)(F)F)c(Cl)c([N+](=O)[O-])c1Nc1ncc(C(F)(F)F)cc1Cl. The lowest BCUT2D eigenvalue weighted by molar-refractivity contribution is -0.392. The van der Waals surface area contributed by atoms with Crippen molar-refractivity contribution in [2.75, 3.05) is 23.3 Å². The number of rotatable bonds is 6. The Labute approximate surface area is 316 Å². The maximum absolute atomic E-state index is 14.5. The molecule has 1 N–H and O–H groups in total. The molecule has 0 radical (unpaired) electrons. The second-order valence-electron chi connectivity index (χ2n) is 11.7. The van der Waals surface area contributed by atoms with Crippen LogP contribution in [0.1, 0.15) is 30.9 Å². The van der Waals surface area contributed by atoms with Crippen molar-refractivity contribution in [3.05, 3.63) is 101 Å². The largest absolute Gasteiger partial charge is 0.418 e. The Hall–Kier alpha value is -5.22. The molecule has 4 heterocycles. The van der Waals surface area contributed by atoms with E-state index in [4.69, 9.17) is 34.8 Å². The van der Waals surface area contributed by atoms with Gasteiger partial charge in [-0.2, -0.15) is 45.9 Å². The van der Waals surface area contributed by atoms with Gasteiger partial charge >= 0.3 is 23.7 Å². The van der Waals surface area contributed by atoms with Crippen molar-refractivity contribution in [2.24, 2.45) is 5.92 Å². The molecule has 6 rings (SSSR count). The van der Waals surface area contributed by atoms with Crippen molar-refractivity contribution in [3.8, 4) is 11.1 Å². The predicted octanol–water partition coefficient (Wildman–Crippen LogP) is 10.1. The van der Waals surface area contributed by atoms with E-state index < -0.39 is 89.3 Å². The topological polar surface area (TPSA) is 158 Å². The summed E-state index contributed by atoms with van der Waals surface area (Å²) in [6, 6.07) is 1.56. The summed E-state index contributed by atoms with van der Waals surface area (Å²) in [7, 11) is 0. The second-order valence-corrected chi connectivity index (χ2v) is 12.8. The molecule has 1 saturated heterocycles. The highest BCUT2D eigenvalue weighted by atomic mass is 35.5. The number of piperidine rings is 1. The Kier molecular flexibility index (Phi) is 11.5. The first-order valence-corrected chi connectivity index (χ1v) is 16.2. The number of nitrogens with one attached hydrogen (secondary N) is 1. The molecular formula is C30H19Cl3F9N9O4. The number of nitro benzene ring substituents is 2. The van der Waals surface area contributed by atoms with Gasteiger partial charge in [0.15, 0.2) is 5.69 Å². The summed E-state index contributed by atoms with van der Waals surface area (Å²) >= 11 is 17.3. The van der Waals surface area contributed by atoms with Crippen LogP contribution in [0.15, 0.2) is 36.8 Å². The third-order valence-corrected chi connectivity index (χ3v) is 8.96. The molecule has 0 unspecified atom stereocenters. The highest BCUT2D eigenvalue weighted by Gasteiger charge is 2.42. The van der Waals surface area contributed by atoms with Crippen molar-refractivity contribution < 1.29 is 49.4 Å². The molecule has 2 aromatic carbocycles. The van der Waals surface area contributed by atoms with Crippen molar-refractivity contribution in [2.45, 2.75) is 32.1 Å². The highest BCUT2D eigenvalue weighted by Crippen LogP contribution is 2.49. The minimum absolute atomic E-state index is 0.0502. The highest BCUT2D eigenvalue weighted by molar-refractivity contribution is 6.35. The van der Waals surface area contributed by atoms with E-state index in [-0.39, 0.29) is 28.8 Å². The van der Waals surface area contributed by atoms with E-state index >= 15 is 0 Å². The summed E-state index contributed by atoms with van der Waals surface area (Å²) in [5.74, 6) is -2.61. The molecule has 0 saturated carbocycles. The molecule has 25 heteroatoms. The molecule has 13 nitrogen and oxygen atoms in total. The van der Waals surface area contributed by atoms with Crippen molar-refractivity contribution in [1.29, 1.82) is 0 Å². The van der Waals surface area contributed by atoms with Crippen LogP contribution in [0.4, 0.5) is 68.2 Å². The molecule has 1 aliphatic rings. The fraction of sp³-hybridized carbons (Fsp3) is 0.267. The quantitative estimate of drug-likeness (QED) is 0.0755. The van der Waals surface area contributed by atoms with Crippen LogP contribution in [0.25, 0.3) is 16.9 Å². The summed E-state index contributed by atoms with van der Waals surface area (Å²) < 4.78 is 121. The summed E-state index contributed by atoms with van der Waals surface area (Å²) in [6.07, 6.45) is -6.71.